The molecule has 1 N–H and O–H groups in total. The third-order valence-corrected chi connectivity index (χ3v) is 4.64. The molecule has 2 aliphatic heterocycles. The van der Waals surface area contributed by atoms with Crippen LogP contribution in [-0.2, 0) is 4.74 Å². The Balaban J connectivity index is 1.41. The molecule has 0 bridgehead atoms. The van der Waals surface area contributed by atoms with Gasteiger partial charge in [-0.2, -0.15) is 0 Å². The van der Waals surface area contributed by atoms with Crippen molar-refractivity contribution in [1.29, 1.82) is 0 Å². The van der Waals surface area contributed by atoms with Crippen molar-refractivity contribution >= 4 is 5.95 Å². The van der Waals surface area contributed by atoms with Gasteiger partial charge in [-0.15, -0.1) is 0 Å². The number of hydrogen-bond acceptors (Lipinski definition) is 7. The third kappa shape index (κ3) is 4.86. The first-order valence-electron chi connectivity index (χ1n) is 8.90. The van der Waals surface area contributed by atoms with Gasteiger partial charge in [-0.3, -0.25) is 9.80 Å². The van der Waals surface area contributed by atoms with E-state index in [0.29, 0.717) is 0 Å². The number of morpholine rings is 1. The molecule has 2 fully saturated rings. The molecule has 3 heterocycles. The summed E-state index contributed by atoms with van der Waals surface area (Å²) in [5, 5.41) is 10.4. The number of anilines is 1. The highest BCUT2D eigenvalue weighted by atomic mass is 16.5. The van der Waals surface area contributed by atoms with Crippen molar-refractivity contribution in [3.8, 4) is 0 Å². The van der Waals surface area contributed by atoms with Gasteiger partial charge in [0.05, 0.1) is 18.3 Å². The zero-order chi connectivity index (χ0) is 16.9. The first-order valence-corrected chi connectivity index (χ1v) is 8.90. The number of rotatable bonds is 5. The summed E-state index contributed by atoms with van der Waals surface area (Å²) in [4.78, 5) is 15.5. The Labute approximate surface area is 144 Å². The number of β-amino-alcohol motifs (C(OH)–C–C–N with tert-alkyl or cyclic N) is 1. The molecule has 2 saturated heterocycles. The SMILES string of the molecule is C[C@@H]1CN(C[C@@H](O)CN2CCN(c3ncccn3)CC2)C[C@@H](C)O1. The zero-order valence-corrected chi connectivity index (χ0v) is 14.7. The van der Waals surface area contributed by atoms with Crippen LogP contribution in [0, 0.1) is 0 Å². The van der Waals surface area contributed by atoms with Crippen LogP contribution in [0.4, 0.5) is 5.95 Å². The van der Waals surface area contributed by atoms with Crippen LogP contribution < -0.4 is 4.90 Å². The van der Waals surface area contributed by atoms with Crippen LogP contribution in [0.25, 0.3) is 0 Å². The molecule has 0 spiro atoms. The Kier molecular flexibility index (Phi) is 5.99. The number of hydrogen-bond donors (Lipinski definition) is 1. The molecule has 7 heteroatoms. The number of nitrogens with zero attached hydrogens (tertiary/aromatic N) is 5. The van der Waals surface area contributed by atoms with Crippen molar-refractivity contribution in [2.24, 2.45) is 0 Å². The summed E-state index contributed by atoms with van der Waals surface area (Å²) in [6, 6.07) is 1.84. The molecular formula is C17H29N5O2. The fourth-order valence-corrected chi connectivity index (χ4v) is 3.67. The van der Waals surface area contributed by atoms with E-state index in [-0.39, 0.29) is 18.3 Å². The van der Waals surface area contributed by atoms with Gasteiger partial charge < -0.3 is 14.7 Å². The lowest BCUT2D eigenvalue weighted by molar-refractivity contribution is -0.0780. The van der Waals surface area contributed by atoms with Gasteiger partial charge in [-0.1, -0.05) is 0 Å². The Morgan fingerprint density at radius 3 is 2.25 bits per heavy atom. The van der Waals surface area contributed by atoms with Gasteiger partial charge in [-0.05, 0) is 19.9 Å². The van der Waals surface area contributed by atoms with E-state index in [1.807, 2.05) is 6.07 Å². The van der Waals surface area contributed by atoms with Gasteiger partial charge in [0.2, 0.25) is 5.95 Å². The molecule has 3 atom stereocenters. The molecule has 0 aromatic carbocycles. The van der Waals surface area contributed by atoms with Crippen LogP contribution in [0.1, 0.15) is 13.8 Å². The Hall–Kier alpha value is -1.28. The first-order chi connectivity index (χ1) is 11.6. The van der Waals surface area contributed by atoms with Crippen molar-refractivity contribution in [1.82, 2.24) is 19.8 Å². The van der Waals surface area contributed by atoms with E-state index < -0.39 is 0 Å². The summed E-state index contributed by atoms with van der Waals surface area (Å²) in [5.74, 6) is 0.800. The predicted molar refractivity (Wildman–Crippen MR) is 93.1 cm³/mol. The molecule has 2 aliphatic rings. The van der Waals surface area contributed by atoms with Crippen molar-refractivity contribution in [2.75, 3.05) is 57.3 Å². The van der Waals surface area contributed by atoms with Crippen molar-refractivity contribution < 1.29 is 9.84 Å². The fraction of sp³-hybridized carbons (Fsp3) is 0.765. The number of aliphatic hydroxyl groups excluding tert-OH is 1. The highest BCUT2D eigenvalue weighted by molar-refractivity contribution is 5.29. The van der Waals surface area contributed by atoms with Crippen LogP contribution in [0.5, 0.6) is 0 Å². The van der Waals surface area contributed by atoms with E-state index >= 15 is 0 Å². The summed E-state index contributed by atoms with van der Waals surface area (Å²) in [7, 11) is 0. The second kappa shape index (κ2) is 8.20. The molecule has 0 amide bonds. The molecule has 1 aromatic rings. The lowest BCUT2D eigenvalue weighted by Crippen LogP contribution is -2.52. The molecule has 0 saturated carbocycles. The van der Waals surface area contributed by atoms with Gasteiger partial charge in [-0.25, -0.2) is 9.97 Å². The van der Waals surface area contributed by atoms with Crippen molar-refractivity contribution in [3.05, 3.63) is 18.5 Å². The lowest BCUT2D eigenvalue weighted by Gasteiger charge is -2.38. The molecule has 1 aromatic heterocycles. The standard InChI is InChI=1S/C17H29N5O2/c1-14-10-21(11-15(2)24-14)13-16(23)12-20-6-8-22(9-7-20)17-18-4-3-5-19-17/h3-5,14-16,23H,6-13H2,1-2H3/t14-,15-,16+/m1/s1. The van der Waals surface area contributed by atoms with Crippen molar-refractivity contribution in [2.45, 2.75) is 32.2 Å². The molecular weight excluding hydrogens is 306 g/mol. The second-order valence-electron chi connectivity index (χ2n) is 6.97. The summed E-state index contributed by atoms with van der Waals surface area (Å²) < 4.78 is 5.75. The van der Waals surface area contributed by atoms with E-state index in [0.717, 1.165) is 58.3 Å². The summed E-state index contributed by atoms with van der Waals surface area (Å²) in [6.07, 6.45) is 3.73. The Morgan fingerprint density at radius 2 is 1.62 bits per heavy atom. The van der Waals surface area contributed by atoms with Crippen LogP contribution >= 0.6 is 0 Å². The number of piperazine rings is 1. The minimum Gasteiger partial charge on any atom is -0.390 e. The highest BCUT2D eigenvalue weighted by Crippen LogP contribution is 2.13. The molecule has 0 aliphatic carbocycles. The maximum Gasteiger partial charge on any atom is 0.225 e. The van der Waals surface area contributed by atoms with Crippen LogP contribution in [0.2, 0.25) is 0 Å². The molecule has 134 valence electrons. The van der Waals surface area contributed by atoms with E-state index in [1.54, 1.807) is 12.4 Å². The van der Waals surface area contributed by atoms with Crippen LogP contribution in [-0.4, -0.2) is 95.5 Å². The smallest absolute Gasteiger partial charge is 0.225 e. The van der Waals surface area contributed by atoms with E-state index in [4.69, 9.17) is 4.74 Å². The second-order valence-corrected chi connectivity index (χ2v) is 6.97. The van der Waals surface area contributed by atoms with Gasteiger partial charge >= 0.3 is 0 Å². The topological polar surface area (TPSA) is 65.0 Å². The average molecular weight is 335 g/mol. The molecule has 0 radical (unpaired) electrons. The summed E-state index contributed by atoms with van der Waals surface area (Å²) in [5.41, 5.74) is 0. The van der Waals surface area contributed by atoms with Crippen LogP contribution in [0.3, 0.4) is 0 Å². The van der Waals surface area contributed by atoms with Gasteiger partial charge in [0.15, 0.2) is 0 Å². The number of ether oxygens (including phenoxy) is 1. The largest absolute Gasteiger partial charge is 0.390 e. The van der Waals surface area contributed by atoms with Gasteiger partial charge in [0, 0.05) is 64.8 Å². The molecule has 3 rings (SSSR count). The van der Waals surface area contributed by atoms with E-state index in [2.05, 4.69) is 38.5 Å². The van der Waals surface area contributed by atoms with Crippen molar-refractivity contribution in [3.63, 3.8) is 0 Å². The minimum atomic E-state index is -0.318. The predicted octanol–water partition coefficient (Wildman–Crippen LogP) is 0.0687. The van der Waals surface area contributed by atoms with Gasteiger partial charge in [0.1, 0.15) is 0 Å². The first kappa shape index (κ1) is 17.5. The van der Waals surface area contributed by atoms with Crippen LogP contribution in [0.15, 0.2) is 18.5 Å². The fourth-order valence-electron chi connectivity index (χ4n) is 3.67. The summed E-state index contributed by atoms with van der Waals surface area (Å²) >= 11 is 0. The quantitative estimate of drug-likeness (QED) is 0.817. The van der Waals surface area contributed by atoms with E-state index in [1.165, 1.54) is 0 Å². The van der Waals surface area contributed by atoms with Gasteiger partial charge in [0.25, 0.3) is 0 Å². The molecule has 24 heavy (non-hydrogen) atoms. The molecule has 7 nitrogen and oxygen atoms in total. The maximum absolute atomic E-state index is 10.4. The third-order valence-electron chi connectivity index (χ3n) is 4.64. The summed E-state index contributed by atoms with van der Waals surface area (Å²) in [6.45, 7) is 11.1. The Bertz CT molecular complexity index is 485. The van der Waals surface area contributed by atoms with E-state index in [9.17, 15) is 5.11 Å². The minimum absolute atomic E-state index is 0.246. The average Bonchev–Trinajstić information content (AvgIpc) is 2.55. The highest BCUT2D eigenvalue weighted by Gasteiger charge is 2.25. The number of aliphatic hydroxyl groups is 1. The molecule has 0 unspecified atom stereocenters. The lowest BCUT2D eigenvalue weighted by atomic mass is 10.2. The maximum atomic E-state index is 10.4. The number of aromatic nitrogens is 2. The monoisotopic (exact) mass is 335 g/mol. The zero-order valence-electron chi connectivity index (χ0n) is 14.7. The normalized spacial score (nSPS) is 28.0. The Morgan fingerprint density at radius 1 is 1.04 bits per heavy atom.